The smallest absolute Gasteiger partial charge is 0.243 e. The van der Waals surface area contributed by atoms with E-state index in [-0.39, 0.29) is 16.7 Å². The maximum absolute atomic E-state index is 13.2. The zero-order chi connectivity index (χ0) is 24.0. The summed E-state index contributed by atoms with van der Waals surface area (Å²) in [5, 5.41) is 2.87. The van der Waals surface area contributed by atoms with Crippen LogP contribution in [-0.2, 0) is 19.6 Å². The van der Waals surface area contributed by atoms with E-state index in [2.05, 4.69) is 17.5 Å². The average molecular weight is 487 g/mol. The first-order chi connectivity index (χ1) is 16.5. The second kappa shape index (κ2) is 11.0. The van der Waals surface area contributed by atoms with Crippen molar-refractivity contribution in [1.82, 2.24) is 4.31 Å². The van der Waals surface area contributed by atoms with Crippen LogP contribution in [0.25, 0.3) is 0 Å². The standard InChI is InChI=1S/C25H30N2O6S/c1-2-32-20-7-9-21(10-8-20)33-24-12-11-22(34(29,30)27-13-15-31-16-14-27)18-23(24)26-25(28)17-19-5-3-4-6-19/h3,5,7-12,18-19H,2,4,6,13-17H2,1H3,(H,26,28). The molecular weight excluding hydrogens is 456 g/mol. The number of carbonyl (C=O) groups is 1. The number of amides is 1. The molecule has 1 amide bonds. The number of anilines is 1. The molecule has 182 valence electrons. The largest absolute Gasteiger partial charge is 0.494 e. The van der Waals surface area contributed by atoms with Gasteiger partial charge in [0.2, 0.25) is 15.9 Å². The fourth-order valence-corrected chi connectivity index (χ4v) is 5.43. The van der Waals surface area contributed by atoms with Gasteiger partial charge >= 0.3 is 0 Å². The monoisotopic (exact) mass is 486 g/mol. The Bertz CT molecular complexity index is 1120. The molecule has 1 aliphatic carbocycles. The summed E-state index contributed by atoms with van der Waals surface area (Å²) in [6.07, 6.45) is 6.37. The zero-order valence-corrected chi connectivity index (χ0v) is 20.1. The van der Waals surface area contributed by atoms with E-state index in [9.17, 15) is 13.2 Å². The van der Waals surface area contributed by atoms with E-state index in [0.29, 0.717) is 56.5 Å². The number of benzene rings is 2. The second-order valence-corrected chi connectivity index (χ2v) is 10.1. The van der Waals surface area contributed by atoms with Crippen molar-refractivity contribution in [3.8, 4) is 17.2 Å². The van der Waals surface area contributed by atoms with Crippen molar-refractivity contribution >= 4 is 21.6 Å². The molecule has 9 heteroatoms. The summed E-state index contributed by atoms with van der Waals surface area (Å²) in [5.41, 5.74) is 0.315. The molecule has 1 unspecified atom stereocenters. The van der Waals surface area contributed by atoms with E-state index in [1.807, 2.05) is 6.92 Å². The quantitative estimate of drug-likeness (QED) is 0.534. The maximum Gasteiger partial charge on any atom is 0.243 e. The lowest BCUT2D eigenvalue weighted by molar-refractivity contribution is -0.116. The highest BCUT2D eigenvalue weighted by Crippen LogP contribution is 2.34. The summed E-state index contributed by atoms with van der Waals surface area (Å²) in [7, 11) is -3.73. The lowest BCUT2D eigenvalue weighted by atomic mass is 10.1. The Labute approximate surface area is 200 Å². The molecule has 1 atom stereocenters. The van der Waals surface area contributed by atoms with Gasteiger partial charge in [-0.1, -0.05) is 12.2 Å². The minimum absolute atomic E-state index is 0.101. The first kappa shape index (κ1) is 24.3. The number of ether oxygens (including phenoxy) is 3. The van der Waals surface area contributed by atoms with Crippen LogP contribution >= 0.6 is 0 Å². The molecule has 2 aromatic rings. The van der Waals surface area contributed by atoms with Gasteiger partial charge in [-0.3, -0.25) is 4.79 Å². The van der Waals surface area contributed by atoms with Crippen molar-refractivity contribution in [2.75, 3.05) is 38.2 Å². The van der Waals surface area contributed by atoms with Crippen LogP contribution in [-0.4, -0.2) is 51.5 Å². The zero-order valence-electron chi connectivity index (χ0n) is 19.2. The van der Waals surface area contributed by atoms with Crippen molar-refractivity contribution in [3.63, 3.8) is 0 Å². The highest BCUT2D eigenvalue weighted by molar-refractivity contribution is 7.89. The van der Waals surface area contributed by atoms with E-state index in [4.69, 9.17) is 14.2 Å². The molecule has 1 heterocycles. The predicted molar refractivity (Wildman–Crippen MR) is 129 cm³/mol. The number of hydrogen-bond donors (Lipinski definition) is 1. The Hall–Kier alpha value is -2.88. The molecule has 0 bridgehead atoms. The molecule has 34 heavy (non-hydrogen) atoms. The number of sulfonamides is 1. The number of allylic oxidation sites excluding steroid dienone is 2. The van der Waals surface area contributed by atoms with E-state index in [1.165, 1.54) is 16.4 Å². The van der Waals surface area contributed by atoms with Crippen LogP contribution in [0.4, 0.5) is 5.69 Å². The molecule has 1 saturated heterocycles. The molecule has 8 nitrogen and oxygen atoms in total. The van der Waals surface area contributed by atoms with Crippen molar-refractivity contribution in [3.05, 3.63) is 54.6 Å². The lowest BCUT2D eigenvalue weighted by Gasteiger charge is -2.26. The molecule has 1 fully saturated rings. The third-order valence-electron chi connectivity index (χ3n) is 5.76. The number of carbonyl (C=O) groups excluding carboxylic acids is 1. The van der Waals surface area contributed by atoms with Crippen LogP contribution in [0.5, 0.6) is 17.2 Å². The number of rotatable bonds is 9. The third kappa shape index (κ3) is 5.97. The van der Waals surface area contributed by atoms with Gasteiger partial charge in [0.25, 0.3) is 0 Å². The van der Waals surface area contributed by atoms with E-state index >= 15 is 0 Å². The van der Waals surface area contributed by atoms with Crippen LogP contribution in [0.2, 0.25) is 0 Å². The lowest BCUT2D eigenvalue weighted by Crippen LogP contribution is -2.40. The fourth-order valence-electron chi connectivity index (χ4n) is 3.99. The van der Waals surface area contributed by atoms with Crippen LogP contribution in [0.3, 0.4) is 0 Å². The number of hydrogen-bond acceptors (Lipinski definition) is 6. The van der Waals surface area contributed by atoms with Gasteiger partial charge in [0.15, 0.2) is 5.75 Å². The summed E-state index contributed by atoms with van der Waals surface area (Å²) in [6.45, 7) is 3.77. The Morgan fingerprint density at radius 2 is 1.85 bits per heavy atom. The first-order valence-corrected chi connectivity index (χ1v) is 13.0. The van der Waals surface area contributed by atoms with Crippen molar-refractivity contribution in [2.45, 2.75) is 31.1 Å². The fraction of sp³-hybridized carbons (Fsp3) is 0.400. The minimum Gasteiger partial charge on any atom is -0.494 e. The van der Waals surface area contributed by atoms with Crippen LogP contribution in [0, 0.1) is 5.92 Å². The van der Waals surface area contributed by atoms with Crippen LogP contribution in [0.1, 0.15) is 26.2 Å². The van der Waals surface area contributed by atoms with Crippen LogP contribution in [0.15, 0.2) is 59.5 Å². The number of nitrogens with one attached hydrogen (secondary N) is 1. The molecule has 1 aliphatic heterocycles. The van der Waals surface area contributed by atoms with Crippen LogP contribution < -0.4 is 14.8 Å². The topological polar surface area (TPSA) is 94.2 Å². The first-order valence-electron chi connectivity index (χ1n) is 11.5. The van der Waals surface area contributed by atoms with Crippen molar-refractivity contribution in [1.29, 1.82) is 0 Å². The second-order valence-electron chi connectivity index (χ2n) is 8.20. The molecule has 2 aromatic carbocycles. The van der Waals surface area contributed by atoms with Gasteiger partial charge in [0.1, 0.15) is 11.5 Å². The number of nitrogens with zero attached hydrogens (tertiary/aromatic N) is 1. The van der Waals surface area contributed by atoms with Gasteiger partial charge in [-0.25, -0.2) is 8.42 Å². The van der Waals surface area contributed by atoms with Gasteiger partial charge in [-0.05, 0) is 68.1 Å². The molecule has 4 rings (SSSR count). The summed E-state index contributed by atoms with van der Waals surface area (Å²) in [5.74, 6) is 1.63. The normalized spacial score (nSPS) is 18.6. The Morgan fingerprint density at radius 1 is 1.12 bits per heavy atom. The summed E-state index contributed by atoms with van der Waals surface area (Å²) < 4.78 is 44.5. The summed E-state index contributed by atoms with van der Waals surface area (Å²) in [4.78, 5) is 12.9. The molecule has 0 spiro atoms. The third-order valence-corrected chi connectivity index (χ3v) is 7.65. The van der Waals surface area contributed by atoms with Gasteiger partial charge < -0.3 is 19.5 Å². The van der Waals surface area contributed by atoms with Gasteiger partial charge in [-0.15, -0.1) is 0 Å². The van der Waals surface area contributed by atoms with Gasteiger partial charge in [0.05, 0.1) is 30.4 Å². The molecule has 0 radical (unpaired) electrons. The van der Waals surface area contributed by atoms with E-state index < -0.39 is 10.0 Å². The Balaban J connectivity index is 1.59. The van der Waals surface area contributed by atoms with Crippen molar-refractivity contribution < 1.29 is 27.4 Å². The highest BCUT2D eigenvalue weighted by atomic mass is 32.2. The maximum atomic E-state index is 13.2. The summed E-state index contributed by atoms with van der Waals surface area (Å²) in [6, 6.07) is 11.7. The molecule has 2 aliphatic rings. The Morgan fingerprint density at radius 3 is 2.53 bits per heavy atom. The number of morpholine rings is 1. The summed E-state index contributed by atoms with van der Waals surface area (Å²) >= 11 is 0. The van der Waals surface area contributed by atoms with Gasteiger partial charge in [-0.2, -0.15) is 4.31 Å². The Kier molecular flexibility index (Phi) is 7.87. The van der Waals surface area contributed by atoms with E-state index in [1.54, 1.807) is 30.3 Å². The average Bonchev–Trinajstić information content (AvgIpc) is 3.35. The molecule has 0 aromatic heterocycles. The van der Waals surface area contributed by atoms with E-state index in [0.717, 1.165) is 18.6 Å². The SMILES string of the molecule is CCOc1ccc(Oc2ccc(S(=O)(=O)N3CCOCC3)cc2NC(=O)CC2C=CCC2)cc1. The minimum atomic E-state index is -3.73. The van der Waals surface area contributed by atoms with Gasteiger partial charge in [0, 0.05) is 19.5 Å². The highest BCUT2D eigenvalue weighted by Gasteiger charge is 2.27. The predicted octanol–water partition coefficient (Wildman–Crippen LogP) is 4.19. The molecule has 0 saturated carbocycles. The molecular formula is C25H30N2O6S. The molecule has 1 N–H and O–H groups in total. The van der Waals surface area contributed by atoms with Crippen molar-refractivity contribution in [2.24, 2.45) is 5.92 Å².